The highest BCUT2D eigenvalue weighted by Gasteiger charge is 2.30. The van der Waals surface area contributed by atoms with E-state index in [0.717, 1.165) is 11.1 Å². The lowest BCUT2D eigenvalue weighted by Crippen LogP contribution is -2.58. The molecule has 0 heterocycles. The van der Waals surface area contributed by atoms with E-state index in [2.05, 4.69) is 28.6 Å². The largest absolute Gasteiger partial charge is 0.480 e. The van der Waals surface area contributed by atoms with Gasteiger partial charge in [-0.25, -0.2) is 4.79 Å². The first-order valence-corrected chi connectivity index (χ1v) is 12.9. The number of amides is 3. The maximum Gasteiger partial charge on any atom is 0.326 e. The first-order chi connectivity index (χ1) is 17.7. The maximum atomic E-state index is 13.2. The number of nitrogens with one attached hydrogen (secondary N) is 3. The van der Waals surface area contributed by atoms with Crippen LogP contribution < -0.4 is 21.7 Å². The van der Waals surface area contributed by atoms with Gasteiger partial charge in [0.05, 0.1) is 6.04 Å². The van der Waals surface area contributed by atoms with Crippen LogP contribution in [0.3, 0.4) is 0 Å². The molecule has 37 heavy (non-hydrogen) atoms. The lowest BCUT2D eigenvalue weighted by molar-refractivity contribution is -0.142. The van der Waals surface area contributed by atoms with Crippen LogP contribution >= 0.6 is 12.6 Å². The van der Waals surface area contributed by atoms with Crippen LogP contribution in [0, 0.1) is 5.92 Å². The van der Waals surface area contributed by atoms with Crippen molar-refractivity contribution in [2.24, 2.45) is 11.7 Å². The van der Waals surface area contributed by atoms with Crippen LogP contribution in [0.25, 0.3) is 0 Å². The summed E-state index contributed by atoms with van der Waals surface area (Å²) in [5, 5.41) is 17.5. The number of thiol groups is 1. The van der Waals surface area contributed by atoms with Gasteiger partial charge in [-0.15, -0.1) is 0 Å². The smallest absolute Gasteiger partial charge is 0.326 e. The van der Waals surface area contributed by atoms with Gasteiger partial charge in [0.25, 0.3) is 0 Å². The second-order valence-corrected chi connectivity index (χ2v) is 9.36. The van der Waals surface area contributed by atoms with Gasteiger partial charge in [-0.1, -0.05) is 80.9 Å². The SMILES string of the molecule is CCC(C)C(N)C(=O)NC(CS)C(=O)NC(Cc1ccccc1)C(=O)NC(Cc1ccccc1)C(=O)O. The van der Waals surface area contributed by atoms with E-state index < -0.39 is 47.9 Å². The Morgan fingerprint density at radius 2 is 1.22 bits per heavy atom. The Kier molecular flexibility index (Phi) is 12.1. The fourth-order valence-electron chi connectivity index (χ4n) is 3.63. The van der Waals surface area contributed by atoms with E-state index in [1.807, 2.05) is 26.0 Å². The van der Waals surface area contributed by atoms with Crippen LogP contribution in [0.4, 0.5) is 0 Å². The molecule has 2 aromatic rings. The van der Waals surface area contributed by atoms with Crippen molar-refractivity contribution < 1.29 is 24.3 Å². The van der Waals surface area contributed by atoms with Gasteiger partial charge in [0.1, 0.15) is 18.1 Å². The summed E-state index contributed by atoms with van der Waals surface area (Å²) < 4.78 is 0. The van der Waals surface area contributed by atoms with E-state index in [0.29, 0.717) is 6.42 Å². The van der Waals surface area contributed by atoms with E-state index in [1.54, 1.807) is 48.5 Å². The van der Waals surface area contributed by atoms with Crippen molar-refractivity contribution in [3.05, 3.63) is 71.8 Å². The summed E-state index contributed by atoms with van der Waals surface area (Å²) in [4.78, 5) is 50.7. The van der Waals surface area contributed by atoms with Gasteiger partial charge in [0, 0.05) is 18.6 Å². The maximum absolute atomic E-state index is 13.2. The van der Waals surface area contributed by atoms with Crippen molar-refractivity contribution in [2.75, 3.05) is 5.75 Å². The van der Waals surface area contributed by atoms with Crippen molar-refractivity contribution in [3.8, 4) is 0 Å². The molecule has 6 N–H and O–H groups in total. The summed E-state index contributed by atoms with van der Waals surface area (Å²) in [5.74, 6) is -3.05. The Hall–Kier alpha value is -3.37. The van der Waals surface area contributed by atoms with Crippen molar-refractivity contribution >= 4 is 36.3 Å². The van der Waals surface area contributed by atoms with Crippen LogP contribution in [0.2, 0.25) is 0 Å². The fraction of sp³-hybridized carbons (Fsp3) is 0.407. The minimum Gasteiger partial charge on any atom is -0.480 e. The zero-order valence-corrected chi connectivity index (χ0v) is 22.0. The normalized spacial score (nSPS) is 14.9. The van der Waals surface area contributed by atoms with Gasteiger partial charge in [0.2, 0.25) is 17.7 Å². The molecule has 200 valence electrons. The quantitative estimate of drug-likeness (QED) is 0.204. The molecule has 5 atom stereocenters. The Morgan fingerprint density at radius 1 is 0.784 bits per heavy atom. The highest BCUT2D eigenvalue weighted by Crippen LogP contribution is 2.09. The van der Waals surface area contributed by atoms with Crippen LogP contribution in [0.15, 0.2) is 60.7 Å². The highest BCUT2D eigenvalue weighted by atomic mass is 32.1. The second kappa shape index (κ2) is 15.0. The van der Waals surface area contributed by atoms with E-state index in [-0.39, 0.29) is 24.5 Å². The first-order valence-electron chi connectivity index (χ1n) is 12.2. The molecule has 9 nitrogen and oxygen atoms in total. The van der Waals surface area contributed by atoms with Crippen molar-refractivity contribution in [1.29, 1.82) is 0 Å². The summed E-state index contributed by atoms with van der Waals surface area (Å²) in [6, 6.07) is 13.8. The number of carboxylic acid groups (broad SMARTS) is 1. The van der Waals surface area contributed by atoms with Crippen LogP contribution in [-0.4, -0.2) is 58.7 Å². The average molecular weight is 529 g/mol. The Labute approximate surface area is 223 Å². The van der Waals surface area contributed by atoms with Gasteiger partial charge < -0.3 is 26.8 Å². The zero-order chi connectivity index (χ0) is 27.4. The first kappa shape index (κ1) is 29.9. The number of rotatable bonds is 14. The minimum absolute atomic E-state index is 0.0176. The summed E-state index contributed by atoms with van der Waals surface area (Å²) in [6.07, 6.45) is 0.895. The lowest BCUT2D eigenvalue weighted by Gasteiger charge is -2.25. The predicted molar refractivity (Wildman–Crippen MR) is 145 cm³/mol. The molecule has 3 amide bonds. The van der Waals surface area contributed by atoms with Crippen LogP contribution in [0.1, 0.15) is 31.4 Å². The third-order valence-corrected chi connectivity index (χ3v) is 6.55. The molecule has 0 aromatic heterocycles. The fourth-order valence-corrected chi connectivity index (χ4v) is 3.89. The number of hydrogen-bond acceptors (Lipinski definition) is 6. The van der Waals surface area contributed by atoms with Crippen molar-refractivity contribution in [1.82, 2.24) is 16.0 Å². The number of nitrogens with two attached hydrogens (primary N) is 1. The van der Waals surface area contributed by atoms with Gasteiger partial charge in [-0.3, -0.25) is 14.4 Å². The Morgan fingerprint density at radius 3 is 1.68 bits per heavy atom. The summed E-state index contributed by atoms with van der Waals surface area (Å²) in [5.41, 5.74) is 7.50. The lowest BCUT2D eigenvalue weighted by atomic mass is 9.99. The third kappa shape index (κ3) is 9.55. The predicted octanol–water partition coefficient (Wildman–Crippen LogP) is 1.31. The monoisotopic (exact) mass is 528 g/mol. The van der Waals surface area contributed by atoms with Crippen molar-refractivity contribution in [3.63, 3.8) is 0 Å². The third-order valence-electron chi connectivity index (χ3n) is 6.19. The molecule has 0 aliphatic carbocycles. The molecule has 0 bridgehead atoms. The molecule has 0 radical (unpaired) electrons. The zero-order valence-electron chi connectivity index (χ0n) is 21.1. The molecule has 10 heteroatoms. The molecule has 0 fully saturated rings. The van der Waals surface area contributed by atoms with E-state index in [1.165, 1.54) is 0 Å². The van der Waals surface area contributed by atoms with Crippen LogP contribution in [-0.2, 0) is 32.0 Å². The standard InChI is InChI=1S/C27H36N4O5S/c1-3-17(2)23(28)26(34)31-22(16-37)25(33)29-20(14-18-10-6-4-7-11-18)24(32)30-21(27(35)36)15-19-12-8-5-9-13-19/h4-13,17,20-23,37H,3,14-16,28H2,1-2H3,(H,29,33)(H,30,32)(H,31,34)(H,35,36). The number of carboxylic acids is 1. The van der Waals surface area contributed by atoms with E-state index in [9.17, 15) is 24.3 Å². The van der Waals surface area contributed by atoms with Gasteiger partial charge in [-0.2, -0.15) is 12.6 Å². The Balaban J connectivity index is 2.18. The highest BCUT2D eigenvalue weighted by molar-refractivity contribution is 7.80. The molecule has 2 rings (SSSR count). The molecule has 0 aliphatic rings. The topological polar surface area (TPSA) is 151 Å². The van der Waals surface area contributed by atoms with Gasteiger partial charge in [0.15, 0.2) is 0 Å². The van der Waals surface area contributed by atoms with Gasteiger partial charge in [-0.05, 0) is 17.0 Å². The number of aliphatic carboxylic acids is 1. The molecule has 0 saturated heterocycles. The molecule has 0 aliphatic heterocycles. The van der Waals surface area contributed by atoms with Gasteiger partial charge >= 0.3 is 5.97 Å². The van der Waals surface area contributed by atoms with Crippen LogP contribution in [0.5, 0.6) is 0 Å². The molecule has 2 aromatic carbocycles. The van der Waals surface area contributed by atoms with E-state index >= 15 is 0 Å². The molecule has 5 unspecified atom stereocenters. The summed E-state index contributed by atoms with van der Waals surface area (Å²) in [6.45, 7) is 3.75. The number of hydrogen-bond donors (Lipinski definition) is 6. The molecular formula is C27H36N4O5S. The Bertz CT molecular complexity index is 1040. The number of carbonyl (C=O) groups is 4. The number of benzene rings is 2. The molecule has 0 spiro atoms. The number of carbonyl (C=O) groups excluding carboxylic acids is 3. The van der Waals surface area contributed by atoms with E-state index in [4.69, 9.17) is 5.73 Å². The summed E-state index contributed by atoms with van der Waals surface area (Å²) in [7, 11) is 0. The minimum atomic E-state index is -1.20. The molecule has 0 saturated carbocycles. The average Bonchev–Trinajstić information content (AvgIpc) is 2.90. The van der Waals surface area contributed by atoms with Crippen molar-refractivity contribution in [2.45, 2.75) is 57.3 Å². The molecular weight excluding hydrogens is 492 g/mol. The summed E-state index contributed by atoms with van der Waals surface area (Å²) >= 11 is 4.19. The second-order valence-electron chi connectivity index (χ2n) is 9.00.